The first kappa shape index (κ1) is 15.7. The first-order chi connectivity index (χ1) is 9.91. The number of ether oxygens (including phenoxy) is 1. The Kier molecular flexibility index (Phi) is 4.74. The van der Waals surface area contributed by atoms with E-state index in [1.54, 1.807) is 6.92 Å². The van der Waals surface area contributed by atoms with Crippen molar-refractivity contribution in [3.05, 3.63) is 27.1 Å². The quantitative estimate of drug-likeness (QED) is 0.827. The van der Waals surface area contributed by atoms with E-state index in [4.69, 9.17) is 9.84 Å². The van der Waals surface area contributed by atoms with Gasteiger partial charge in [-0.25, -0.2) is 9.78 Å². The molecule has 0 spiro atoms. The SMILES string of the molecule is Cc1c(C(=O)O)sc2ncn(CCOCC(C)C)c(=O)c12. The maximum Gasteiger partial charge on any atom is 0.346 e. The van der Waals surface area contributed by atoms with Gasteiger partial charge >= 0.3 is 5.97 Å². The van der Waals surface area contributed by atoms with E-state index in [1.165, 1.54) is 10.9 Å². The molecule has 0 aliphatic rings. The van der Waals surface area contributed by atoms with E-state index < -0.39 is 5.97 Å². The Balaban J connectivity index is 2.27. The Hall–Kier alpha value is -1.73. The topological polar surface area (TPSA) is 81.4 Å². The molecule has 7 heteroatoms. The Labute approximate surface area is 126 Å². The molecule has 114 valence electrons. The zero-order valence-corrected chi connectivity index (χ0v) is 13.1. The van der Waals surface area contributed by atoms with Crippen LogP contribution in [0.4, 0.5) is 0 Å². The summed E-state index contributed by atoms with van der Waals surface area (Å²) >= 11 is 1.03. The van der Waals surface area contributed by atoms with E-state index in [2.05, 4.69) is 18.8 Å². The summed E-state index contributed by atoms with van der Waals surface area (Å²) in [6.07, 6.45) is 1.45. The molecule has 0 unspecified atom stereocenters. The minimum absolute atomic E-state index is 0.170. The highest BCUT2D eigenvalue weighted by Gasteiger charge is 2.18. The second kappa shape index (κ2) is 6.36. The highest BCUT2D eigenvalue weighted by Crippen LogP contribution is 2.26. The molecule has 0 amide bonds. The Bertz CT molecular complexity index is 718. The summed E-state index contributed by atoms with van der Waals surface area (Å²) in [6.45, 7) is 7.24. The molecule has 2 rings (SSSR count). The molecule has 0 fully saturated rings. The molecule has 2 heterocycles. The summed E-state index contributed by atoms with van der Waals surface area (Å²) in [5.41, 5.74) is 0.270. The third kappa shape index (κ3) is 3.30. The van der Waals surface area contributed by atoms with Crippen LogP contribution in [0.3, 0.4) is 0 Å². The molecule has 2 aromatic rings. The van der Waals surface area contributed by atoms with Crippen LogP contribution in [0, 0.1) is 12.8 Å². The molecule has 0 aromatic carbocycles. The molecule has 0 aliphatic carbocycles. The first-order valence-electron chi connectivity index (χ1n) is 6.71. The number of carboxylic acids is 1. The third-order valence-electron chi connectivity index (χ3n) is 3.04. The minimum atomic E-state index is -1.03. The molecular weight excluding hydrogens is 292 g/mol. The van der Waals surface area contributed by atoms with Crippen molar-refractivity contribution in [1.29, 1.82) is 0 Å². The summed E-state index contributed by atoms with van der Waals surface area (Å²) < 4.78 is 6.93. The van der Waals surface area contributed by atoms with Gasteiger partial charge in [-0.3, -0.25) is 9.36 Å². The van der Waals surface area contributed by atoms with E-state index in [0.29, 0.717) is 41.5 Å². The second-order valence-electron chi connectivity index (χ2n) is 5.25. The van der Waals surface area contributed by atoms with Crippen LogP contribution in [0.25, 0.3) is 10.2 Å². The van der Waals surface area contributed by atoms with Crippen LogP contribution < -0.4 is 5.56 Å². The average Bonchev–Trinajstić information content (AvgIpc) is 2.75. The van der Waals surface area contributed by atoms with E-state index in [-0.39, 0.29) is 10.4 Å². The summed E-state index contributed by atoms with van der Waals surface area (Å²) in [5, 5.41) is 9.50. The van der Waals surface area contributed by atoms with E-state index in [0.717, 1.165) is 11.3 Å². The number of hydrogen-bond acceptors (Lipinski definition) is 5. The number of carbonyl (C=O) groups is 1. The van der Waals surface area contributed by atoms with Crippen LogP contribution >= 0.6 is 11.3 Å². The summed E-state index contributed by atoms with van der Waals surface area (Å²) in [6, 6.07) is 0. The zero-order chi connectivity index (χ0) is 15.6. The standard InChI is InChI=1S/C14H18N2O4S/c1-8(2)6-20-5-4-16-7-15-12-10(13(16)17)9(3)11(21-12)14(18)19/h7-8H,4-6H2,1-3H3,(H,18,19). The van der Waals surface area contributed by atoms with Gasteiger partial charge in [0.25, 0.3) is 5.56 Å². The number of nitrogens with zero attached hydrogens (tertiary/aromatic N) is 2. The predicted molar refractivity (Wildman–Crippen MR) is 81.2 cm³/mol. The molecule has 6 nitrogen and oxygen atoms in total. The Morgan fingerprint density at radius 3 is 2.86 bits per heavy atom. The third-order valence-corrected chi connectivity index (χ3v) is 4.23. The number of aromatic nitrogens is 2. The normalized spacial score (nSPS) is 11.4. The number of carboxylic acid groups (broad SMARTS) is 1. The van der Waals surface area contributed by atoms with Crippen LogP contribution in [0.5, 0.6) is 0 Å². The molecule has 0 atom stereocenters. The number of rotatable bonds is 6. The molecular formula is C14H18N2O4S. The van der Waals surface area contributed by atoms with Gasteiger partial charge in [-0.2, -0.15) is 0 Å². The van der Waals surface area contributed by atoms with Crippen LogP contribution in [0.1, 0.15) is 29.1 Å². The van der Waals surface area contributed by atoms with Crippen molar-refractivity contribution in [2.24, 2.45) is 5.92 Å². The van der Waals surface area contributed by atoms with Crippen molar-refractivity contribution in [2.75, 3.05) is 13.2 Å². The first-order valence-corrected chi connectivity index (χ1v) is 7.53. The predicted octanol–water partition coefficient (Wildman–Crippen LogP) is 2.14. The van der Waals surface area contributed by atoms with Crippen molar-refractivity contribution in [3.8, 4) is 0 Å². The molecule has 2 aromatic heterocycles. The summed E-state index contributed by atoms with van der Waals surface area (Å²) in [5.74, 6) is -0.582. The number of aryl methyl sites for hydroxylation is 1. The molecule has 0 radical (unpaired) electrons. The molecule has 1 N–H and O–H groups in total. The fraction of sp³-hybridized carbons (Fsp3) is 0.500. The van der Waals surface area contributed by atoms with Gasteiger partial charge in [0.15, 0.2) is 0 Å². The lowest BCUT2D eigenvalue weighted by atomic mass is 10.2. The molecule has 0 aliphatic heterocycles. The number of hydrogen-bond donors (Lipinski definition) is 1. The number of fused-ring (bicyclic) bond motifs is 1. The number of thiophene rings is 1. The van der Waals surface area contributed by atoms with Crippen LogP contribution in [-0.4, -0.2) is 33.8 Å². The monoisotopic (exact) mass is 310 g/mol. The zero-order valence-electron chi connectivity index (χ0n) is 12.3. The van der Waals surface area contributed by atoms with Gasteiger partial charge in [0.1, 0.15) is 9.71 Å². The van der Waals surface area contributed by atoms with Gasteiger partial charge in [-0.15, -0.1) is 11.3 Å². The smallest absolute Gasteiger partial charge is 0.346 e. The second-order valence-corrected chi connectivity index (χ2v) is 6.25. The lowest BCUT2D eigenvalue weighted by molar-refractivity contribution is 0.0701. The van der Waals surface area contributed by atoms with Crippen molar-refractivity contribution < 1.29 is 14.6 Å². The highest BCUT2D eigenvalue weighted by molar-refractivity contribution is 7.20. The lowest BCUT2D eigenvalue weighted by Crippen LogP contribution is -2.23. The van der Waals surface area contributed by atoms with Crippen molar-refractivity contribution >= 4 is 27.5 Å². The molecule has 0 saturated carbocycles. The van der Waals surface area contributed by atoms with Gasteiger partial charge in [0, 0.05) is 6.61 Å². The average molecular weight is 310 g/mol. The lowest BCUT2D eigenvalue weighted by Gasteiger charge is -2.08. The fourth-order valence-corrected chi connectivity index (χ4v) is 2.98. The van der Waals surface area contributed by atoms with E-state index in [9.17, 15) is 9.59 Å². The van der Waals surface area contributed by atoms with Gasteiger partial charge in [0.05, 0.1) is 24.9 Å². The summed E-state index contributed by atoms with van der Waals surface area (Å²) in [4.78, 5) is 28.3. The Morgan fingerprint density at radius 1 is 1.52 bits per heavy atom. The minimum Gasteiger partial charge on any atom is -0.477 e. The van der Waals surface area contributed by atoms with Gasteiger partial charge < -0.3 is 9.84 Å². The molecule has 21 heavy (non-hydrogen) atoms. The molecule has 0 saturated heterocycles. The maximum absolute atomic E-state index is 12.4. The van der Waals surface area contributed by atoms with Crippen molar-refractivity contribution in [3.63, 3.8) is 0 Å². The van der Waals surface area contributed by atoms with Gasteiger partial charge in [-0.05, 0) is 18.4 Å². The van der Waals surface area contributed by atoms with Crippen LogP contribution in [0.15, 0.2) is 11.1 Å². The Morgan fingerprint density at radius 2 is 2.24 bits per heavy atom. The maximum atomic E-state index is 12.4. The van der Waals surface area contributed by atoms with Gasteiger partial charge in [0.2, 0.25) is 0 Å². The number of aromatic carboxylic acids is 1. The largest absolute Gasteiger partial charge is 0.477 e. The van der Waals surface area contributed by atoms with Crippen LogP contribution in [-0.2, 0) is 11.3 Å². The van der Waals surface area contributed by atoms with E-state index >= 15 is 0 Å². The van der Waals surface area contributed by atoms with E-state index in [1.807, 2.05) is 0 Å². The van der Waals surface area contributed by atoms with Crippen molar-refractivity contribution in [2.45, 2.75) is 27.3 Å². The highest BCUT2D eigenvalue weighted by atomic mass is 32.1. The fourth-order valence-electron chi connectivity index (χ4n) is 2.00. The summed E-state index contributed by atoms with van der Waals surface area (Å²) in [7, 11) is 0. The molecule has 0 bridgehead atoms. The van der Waals surface area contributed by atoms with Crippen LogP contribution in [0.2, 0.25) is 0 Å². The van der Waals surface area contributed by atoms with Gasteiger partial charge in [-0.1, -0.05) is 13.8 Å². The van der Waals surface area contributed by atoms with Crippen molar-refractivity contribution in [1.82, 2.24) is 9.55 Å².